The summed E-state index contributed by atoms with van der Waals surface area (Å²) in [5.74, 6) is 0.0802. The average molecular weight is 608 g/mol. The number of nitrogens with one attached hydrogen (secondary N) is 2. The quantitative estimate of drug-likeness (QED) is 0.294. The molecule has 6 nitrogen and oxygen atoms in total. The molecule has 2 aliphatic rings. The largest absolute Gasteiger partial charge is 0.341 e. The summed E-state index contributed by atoms with van der Waals surface area (Å²) in [4.78, 5) is 30.4. The highest BCUT2D eigenvalue weighted by atomic mass is 35.5. The summed E-state index contributed by atoms with van der Waals surface area (Å²) in [7, 11) is 1.66. The van der Waals surface area contributed by atoms with E-state index in [0.29, 0.717) is 16.6 Å². The molecule has 0 aromatic heterocycles. The Labute approximate surface area is 259 Å². The fourth-order valence-corrected chi connectivity index (χ4v) is 7.10. The van der Waals surface area contributed by atoms with Crippen LogP contribution in [0.3, 0.4) is 0 Å². The molecule has 8 heteroatoms. The van der Waals surface area contributed by atoms with Crippen LogP contribution in [-0.2, 0) is 11.0 Å². The van der Waals surface area contributed by atoms with Gasteiger partial charge in [-0.05, 0) is 80.5 Å². The second-order valence-corrected chi connectivity index (χ2v) is 12.5. The number of halogens is 2. The molecule has 2 aliphatic heterocycles. The van der Waals surface area contributed by atoms with E-state index >= 15 is 0 Å². The van der Waals surface area contributed by atoms with Crippen LogP contribution in [-0.4, -0.2) is 61.5 Å². The highest BCUT2D eigenvalue weighted by molar-refractivity contribution is 6.42. The van der Waals surface area contributed by atoms with E-state index in [1.54, 1.807) is 7.05 Å². The summed E-state index contributed by atoms with van der Waals surface area (Å²) < 4.78 is 0. The first kappa shape index (κ1) is 30.4. The minimum absolute atomic E-state index is 0.0802. The maximum atomic E-state index is 13.5. The summed E-state index contributed by atoms with van der Waals surface area (Å²) >= 11 is 12.8. The number of benzene rings is 3. The van der Waals surface area contributed by atoms with Crippen LogP contribution >= 0.6 is 23.2 Å². The molecule has 1 unspecified atom stereocenters. The number of carbonyl (C=O) groups is 2. The average Bonchev–Trinajstić information content (AvgIpc) is 3.03. The van der Waals surface area contributed by atoms with Gasteiger partial charge in [0.25, 0.3) is 5.91 Å². The molecule has 42 heavy (non-hydrogen) atoms. The maximum Gasteiger partial charge on any atom is 0.315 e. The zero-order valence-electron chi connectivity index (χ0n) is 24.3. The lowest BCUT2D eigenvalue weighted by molar-refractivity contribution is 0.0616. The van der Waals surface area contributed by atoms with Gasteiger partial charge < -0.3 is 20.4 Å². The first-order valence-electron chi connectivity index (χ1n) is 14.9. The van der Waals surface area contributed by atoms with Gasteiger partial charge in [0.15, 0.2) is 0 Å². The number of nitrogens with zero attached hydrogens (tertiary/aromatic N) is 2. The van der Waals surface area contributed by atoms with Crippen LogP contribution in [0.4, 0.5) is 4.79 Å². The number of likely N-dealkylation sites (tertiary alicyclic amines) is 2. The smallest absolute Gasteiger partial charge is 0.315 e. The monoisotopic (exact) mass is 606 g/mol. The molecule has 3 aromatic rings. The standard InChI is InChI=1S/C34H40Cl2N4O2/c1-37-32(42)38-34(27-12-6-3-7-13-27)18-22-39(23-19-34)20-8-16-33(28-14-15-29(35)30(36)24-28)17-9-21-40(25-33)31(41)26-10-4-2-5-11-26/h2-7,10-15,24H,8-9,16-23,25H2,1H3,(H2,37,38,42). The summed E-state index contributed by atoms with van der Waals surface area (Å²) in [5.41, 5.74) is 2.46. The zero-order chi connectivity index (χ0) is 29.6. The molecule has 0 radical (unpaired) electrons. The Kier molecular flexibility index (Phi) is 9.77. The third-order valence-corrected chi connectivity index (χ3v) is 9.90. The van der Waals surface area contributed by atoms with E-state index in [9.17, 15) is 9.59 Å². The first-order valence-corrected chi connectivity index (χ1v) is 15.7. The zero-order valence-corrected chi connectivity index (χ0v) is 25.8. The Balaban J connectivity index is 1.28. The van der Waals surface area contributed by atoms with E-state index in [1.165, 1.54) is 0 Å². The third kappa shape index (κ3) is 6.77. The fourth-order valence-electron chi connectivity index (χ4n) is 6.80. The maximum absolute atomic E-state index is 13.5. The van der Waals surface area contributed by atoms with Crippen LogP contribution in [0.25, 0.3) is 0 Å². The summed E-state index contributed by atoms with van der Waals surface area (Å²) in [6, 6.07) is 25.7. The third-order valence-electron chi connectivity index (χ3n) is 9.16. The van der Waals surface area contributed by atoms with Crippen molar-refractivity contribution in [3.8, 4) is 0 Å². The molecule has 0 aliphatic carbocycles. The Morgan fingerprint density at radius 1 is 0.833 bits per heavy atom. The number of rotatable bonds is 8. The number of amides is 3. The molecule has 2 saturated heterocycles. The van der Waals surface area contributed by atoms with E-state index < -0.39 is 0 Å². The highest BCUT2D eigenvalue weighted by Crippen LogP contribution is 2.41. The van der Waals surface area contributed by atoms with Crippen molar-refractivity contribution in [2.24, 2.45) is 0 Å². The van der Waals surface area contributed by atoms with Gasteiger partial charge in [0.1, 0.15) is 0 Å². The molecule has 3 aromatic carbocycles. The van der Waals surface area contributed by atoms with Crippen LogP contribution in [0.2, 0.25) is 10.0 Å². The summed E-state index contributed by atoms with van der Waals surface area (Å²) in [6.45, 7) is 4.17. The number of urea groups is 1. The van der Waals surface area contributed by atoms with Crippen molar-refractivity contribution in [2.45, 2.75) is 49.5 Å². The Morgan fingerprint density at radius 2 is 1.52 bits per heavy atom. The molecular weight excluding hydrogens is 567 g/mol. The normalized spacial score (nSPS) is 20.6. The lowest BCUT2D eigenvalue weighted by Gasteiger charge is -2.45. The van der Waals surface area contributed by atoms with Crippen molar-refractivity contribution >= 4 is 35.1 Å². The van der Waals surface area contributed by atoms with E-state index in [4.69, 9.17) is 23.2 Å². The van der Waals surface area contributed by atoms with Crippen LogP contribution in [0.15, 0.2) is 78.9 Å². The molecule has 0 spiro atoms. The van der Waals surface area contributed by atoms with Crippen molar-refractivity contribution in [3.63, 3.8) is 0 Å². The van der Waals surface area contributed by atoms with Crippen LogP contribution < -0.4 is 10.6 Å². The van der Waals surface area contributed by atoms with Gasteiger partial charge in [0.05, 0.1) is 15.6 Å². The molecule has 1 atom stereocenters. The van der Waals surface area contributed by atoms with Crippen molar-refractivity contribution in [1.29, 1.82) is 0 Å². The fraction of sp³-hybridized carbons (Fsp3) is 0.412. The van der Waals surface area contributed by atoms with Gasteiger partial charge in [0.2, 0.25) is 0 Å². The van der Waals surface area contributed by atoms with Crippen molar-refractivity contribution in [2.75, 3.05) is 39.8 Å². The van der Waals surface area contributed by atoms with Gasteiger partial charge in [0, 0.05) is 44.2 Å². The predicted molar refractivity (Wildman–Crippen MR) is 170 cm³/mol. The minimum atomic E-state index is -0.374. The minimum Gasteiger partial charge on any atom is -0.341 e. The molecule has 222 valence electrons. The first-order chi connectivity index (χ1) is 20.3. The number of carbonyl (C=O) groups excluding carboxylic acids is 2. The summed E-state index contributed by atoms with van der Waals surface area (Å²) in [6.07, 6.45) is 5.57. The Morgan fingerprint density at radius 3 is 2.19 bits per heavy atom. The second-order valence-electron chi connectivity index (χ2n) is 11.7. The van der Waals surface area contributed by atoms with Crippen LogP contribution in [0.1, 0.15) is 60.0 Å². The molecule has 0 bridgehead atoms. The summed E-state index contributed by atoms with van der Waals surface area (Å²) in [5, 5.41) is 7.08. The molecule has 0 saturated carbocycles. The van der Waals surface area contributed by atoms with Gasteiger partial charge in [-0.2, -0.15) is 0 Å². The van der Waals surface area contributed by atoms with Crippen molar-refractivity contribution in [3.05, 3.63) is 106 Å². The lowest BCUT2D eigenvalue weighted by Crippen LogP contribution is -2.55. The molecule has 5 rings (SSSR count). The molecule has 2 fully saturated rings. The number of piperidine rings is 2. The molecule has 2 N–H and O–H groups in total. The van der Waals surface area contributed by atoms with Gasteiger partial charge in [-0.15, -0.1) is 0 Å². The molecule has 2 heterocycles. The van der Waals surface area contributed by atoms with E-state index in [1.807, 2.05) is 65.6 Å². The molecular formula is C34H40Cl2N4O2. The second kappa shape index (κ2) is 13.5. The van der Waals surface area contributed by atoms with Crippen LogP contribution in [0, 0.1) is 0 Å². The van der Waals surface area contributed by atoms with E-state index in [2.05, 4.69) is 33.7 Å². The van der Waals surface area contributed by atoms with Gasteiger partial charge in [-0.3, -0.25) is 4.79 Å². The Bertz CT molecular complexity index is 1360. The predicted octanol–water partition coefficient (Wildman–Crippen LogP) is 6.87. The SMILES string of the molecule is CNC(=O)NC1(c2ccccc2)CCN(CCCC2(c3ccc(Cl)c(Cl)c3)CCCN(C(=O)c3ccccc3)C2)CC1. The van der Waals surface area contributed by atoms with E-state index in [-0.39, 0.29) is 22.9 Å². The number of hydrogen-bond acceptors (Lipinski definition) is 3. The lowest BCUT2D eigenvalue weighted by atomic mass is 9.70. The van der Waals surface area contributed by atoms with Gasteiger partial charge >= 0.3 is 6.03 Å². The number of hydrogen-bond donors (Lipinski definition) is 2. The van der Waals surface area contributed by atoms with Gasteiger partial charge in [-0.25, -0.2) is 4.79 Å². The van der Waals surface area contributed by atoms with Crippen molar-refractivity contribution < 1.29 is 9.59 Å². The van der Waals surface area contributed by atoms with Gasteiger partial charge in [-0.1, -0.05) is 77.8 Å². The van der Waals surface area contributed by atoms with E-state index in [0.717, 1.165) is 81.4 Å². The Hall–Kier alpha value is -3.06. The molecule has 3 amide bonds. The van der Waals surface area contributed by atoms with Crippen LogP contribution in [0.5, 0.6) is 0 Å². The topological polar surface area (TPSA) is 64.7 Å². The highest BCUT2D eigenvalue weighted by Gasteiger charge is 2.40. The van der Waals surface area contributed by atoms with Crippen molar-refractivity contribution in [1.82, 2.24) is 20.4 Å².